The monoisotopic (exact) mass is 524 g/mol. The smallest absolute Gasteiger partial charge is 0.407 e. The van der Waals surface area contributed by atoms with Gasteiger partial charge in [-0.1, -0.05) is 43.9 Å². The van der Waals surface area contributed by atoms with E-state index in [2.05, 4.69) is 10.6 Å². The number of aliphatic hydroxyl groups excluding tert-OH is 1. The average Bonchev–Trinajstić information content (AvgIpc) is 3.00. The van der Waals surface area contributed by atoms with Crippen molar-refractivity contribution < 1.29 is 28.9 Å². The number of amides is 2. The van der Waals surface area contributed by atoms with E-state index in [1.165, 1.54) is 12.8 Å². The summed E-state index contributed by atoms with van der Waals surface area (Å²) in [5.74, 6) is 1.34. The maximum atomic E-state index is 14.0. The SMILES string of the molecule is COc1ccc2c(c1C)NC(=O)C2(c1ccc(OC(O)CNC(=O)OC(C)(C)C)cc1)C1CCCCCC1. The molecule has 0 radical (unpaired) electrons. The molecule has 0 saturated heterocycles. The highest BCUT2D eigenvalue weighted by atomic mass is 16.6. The molecule has 206 valence electrons. The van der Waals surface area contributed by atoms with Crippen LogP contribution in [0.1, 0.15) is 76.0 Å². The summed E-state index contributed by atoms with van der Waals surface area (Å²) >= 11 is 0. The highest BCUT2D eigenvalue weighted by Gasteiger charge is 2.53. The molecule has 8 nitrogen and oxygen atoms in total. The first-order chi connectivity index (χ1) is 18.1. The van der Waals surface area contributed by atoms with Crippen molar-refractivity contribution in [1.82, 2.24) is 5.32 Å². The summed E-state index contributed by atoms with van der Waals surface area (Å²) in [6, 6.07) is 11.4. The van der Waals surface area contributed by atoms with Gasteiger partial charge < -0.3 is 30.0 Å². The molecule has 2 aromatic rings. The molecule has 8 heteroatoms. The van der Waals surface area contributed by atoms with Gasteiger partial charge in [0.25, 0.3) is 0 Å². The first-order valence-corrected chi connectivity index (χ1v) is 13.5. The predicted octanol–water partition coefficient (Wildman–Crippen LogP) is 5.43. The minimum absolute atomic E-state index is 0.00832. The molecular weight excluding hydrogens is 484 g/mol. The molecule has 1 aliphatic heterocycles. The molecule has 2 amide bonds. The maximum Gasteiger partial charge on any atom is 0.407 e. The van der Waals surface area contributed by atoms with E-state index in [0.29, 0.717) is 5.75 Å². The van der Waals surface area contributed by atoms with Gasteiger partial charge in [-0.3, -0.25) is 4.79 Å². The number of carbonyl (C=O) groups excluding carboxylic acids is 2. The van der Waals surface area contributed by atoms with Crippen molar-refractivity contribution in [2.45, 2.75) is 83.5 Å². The molecule has 2 aliphatic rings. The summed E-state index contributed by atoms with van der Waals surface area (Å²) in [6.07, 6.45) is 4.64. The Kier molecular flexibility index (Phi) is 8.21. The number of nitrogens with one attached hydrogen (secondary N) is 2. The molecule has 1 aliphatic carbocycles. The van der Waals surface area contributed by atoms with Gasteiger partial charge in [0, 0.05) is 5.56 Å². The predicted molar refractivity (Wildman–Crippen MR) is 146 cm³/mol. The standard InChI is InChI=1S/C30H40N2O6/c1-19-24(36-5)17-16-23-26(19)32-27(34)30(23,20-10-8-6-7-9-11-20)21-12-14-22(15-13-21)37-25(33)18-31-28(35)38-29(2,3)4/h12-17,20,25,33H,6-11,18H2,1-5H3,(H,31,35)(H,32,34). The van der Waals surface area contributed by atoms with E-state index in [4.69, 9.17) is 14.2 Å². The lowest BCUT2D eigenvalue weighted by molar-refractivity contribution is -0.121. The van der Waals surface area contributed by atoms with Crippen LogP contribution in [0.4, 0.5) is 10.5 Å². The van der Waals surface area contributed by atoms with Crippen LogP contribution in [-0.2, 0) is 14.9 Å². The fourth-order valence-corrected chi connectivity index (χ4v) is 5.86. The average molecular weight is 525 g/mol. The Morgan fingerprint density at radius 1 is 1.11 bits per heavy atom. The Bertz CT molecular complexity index is 1150. The zero-order valence-corrected chi connectivity index (χ0v) is 23.1. The topological polar surface area (TPSA) is 106 Å². The van der Waals surface area contributed by atoms with Crippen LogP contribution in [0.2, 0.25) is 0 Å². The van der Waals surface area contributed by atoms with Crippen molar-refractivity contribution in [3.05, 3.63) is 53.1 Å². The second-order valence-corrected chi connectivity index (χ2v) is 11.2. The largest absolute Gasteiger partial charge is 0.496 e. The van der Waals surface area contributed by atoms with Gasteiger partial charge in [0.05, 0.1) is 19.3 Å². The van der Waals surface area contributed by atoms with Crippen molar-refractivity contribution in [2.24, 2.45) is 5.92 Å². The van der Waals surface area contributed by atoms with E-state index in [-0.39, 0.29) is 18.4 Å². The van der Waals surface area contributed by atoms with Gasteiger partial charge >= 0.3 is 6.09 Å². The van der Waals surface area contributed by atoms with E-state index >= 15 is 0 Å². The van der Waals surface area contributed by atoms with Gasteiger partial charge in [-0.05, 0) is 75.8 Å². The molecular formula is C30H40N2O6. The van der Waals surface area contributed by atoms with E-state index in [1.807, 2.05) is 31.2 Å². The number of hydrogen-bond acceptors (Lipinski definition) is 6. The number of methoxy groups -OCH3 is 1. The van der Waals surface area contributed by atoms with Crippen LogP contribution in [-0.4, -0.2) is 42.7 Å². The molecule has 1 saturated carbocycles. The van der Waals surface area contributed by atoms with E-state index in [1.54, 1.807) is 40.0 Å². The maximum absolute atomic E-state index is 14.0. The van der Waals surface area contributed by atoms with Crippen molar-refractivity contribution in [3.8, 4) is 11.5 Å². The number of anilines is 1. The normalized spacial score (nSPS) is 20.6. The second kappa shape index (κ2) is 11.2. The van der Waals surface area contributed by atoms with Crippen molar-refractivity contribution in [2.75, 3.05) is 19.0 Å². The molecule has 2 atom stereocenters. The fourth-order valence-electron chi connectivity index (χ4n) is 5.86. The van der Waals surface area contributed by atoms with Gasteiger partial charge in [-0.15, -0.1) is 0 Å². The highest BCUT2D eigenvalue weighted by Crippen LogP contribution is 2.53. The summed E-state index contributed by atoms with van der Waals surface area (Å²) in [4.78, 5) is 25.8. The molecule has 2 unspecified atom stereocenters. The Labute approximate surface area is 225 Å². The van der Waals surface area contributed by atoms with Crippen LogP contribution in [0.5, 0.6) is 11.5 Å². The van der Waals surface area contributed by atoms with Crippen molar-refractivity contribution in [3.63, 3.8) is 0 Å². The Morgan fingerprint density at radius 3 is 2.37 bits per heavy atom. The van der Waals surface area contributed by atoms with Crippen LogP contribution in [0.3, 0.4) is 0 Å². The molecule has 1 heterocycles. The lowest BCUT2D eigenvalue weighted by atomic mass is 9.64. The third-order valence-electron chi connectivity index (χ3n) is 7.53. The Balaban J connectivity index is 1.60. The molecule has 0 bridgehead atoms. The molecule has 3 N–H and O–H groups in total. The van der Waals surface area contributed by atoms with Crippen molar-refractivity contribution in [1.29, 1.82) is 0 Å². The molecule has 0 spiro atoms. The number of benzene rings is 2. The van der Waals surface area contributed by atoms with Gasteiger partial charge in [-0.2, -0.15) is 0 Å². The number of ether oxygens (including phenoxy) is 3. The summed E-state index contributed by atoms with van der Waals surface area (Å²) < 4.78 is 16.3. The van der Waals surface area contributed by atoms with Gasteiger partial charge in [0.15, 0.2) is 0 Å². The zero-order chi connectivity index (χ0) is 27.5. The second-order valence-electron chi connectivity index (χ2n) is 11.2. The lowest BCUT2D eigenvalue weighted by Crippen LogP contribution is -2.43. The molecule has 0 aromatic heterocycles. The van der Waals surface area contributed by atoms with Gasteiger partial charge in [0.1, 0.15) is 22.5 Å². The third-order valence-corrected chi connectivity index (χ3v) is 7.53. The summed E-state index contributed by atoms with van der Waals surface area (Å²) in [7, 11) is 1.64. The van der Waals surface area contributed by atoms with E-state index in [0.717, 1.165) is 53.8 Å². The quantitative estimate of drug-likeness (QED) is 0.329. The van der Waals surface area contributed by atoms with Crippen LogP contribution in [0, 0.1) is 12.8 Å². The minimum Gasteiger partial charge on any atom is -0.496 e. The number of carbonyl (C=O) groups is 2. The Morgan fingerprint density at radius 2 is 1.76 bits per heavy atom. The van der Waals surface area contributed by atoms with Gasteiger partial charge in [0.2, 0.25) is 12.2 Å². The summed E-state index contributed by atoms with van der Waals surface area (Å²) in [5.41, 5.74) is 2.21. The number of fused-ring (bicyclic) bond motifs is 1. The first kappa shape index (κ1) is 27.8. The molecule has 38 heavy (non-hydrogen) atoms. The number of aliphatic hydroxyl groups is 1. The number of hydrogen-bond donors (Lipinski definition) is 3. The van der Waals surface area contributed by atoms with Crippen molar-refractivity contribution >= 4 is 17.7 Å². The number of rotatable bonds is 7. The van der Waals surface area contributed by atoms with E-state index < -0.39 is 23.4 Å². The minimum atomic E-state index is -1.25. The highest BCUT2D eigenvalue weighted by molar-refractivity contribution is 6.10. The summed E-state index contributed by atoms with van der Waals surface area (Å²) in [5, 5.41) is 16.0. The van der Waals surface area contributed by atoms with Crippen LogP contribution in [0.25, 0.3) is 0 Å². The summed E-state index contributed by atoms with van der Waals surface area (Å²) in [6.45, 7) is 7.15. The molecule has 4 rings (SSSR count). The van der Waals surface area contributed by atoms with E-state index in [9.17, 15) is 14.7 Å². The van der Waals surface area contributed by atoms with Crippen LogP contribution >= 0.6 is 0 Å². The fraction of sp³-hybridized carbons (Fsp3) is 0.533. The molecule has 2 aromatic carbocycles. The number of alkyl carbamates (subject to hydrolysis) is 1. The third kappa shape index (κ3) is 5.60. The lowest BCUT2D eigenvalue weighted by Gasteiger charge is -2.36. The van der Waals surface area contributed by atoms with Gasteiger partial charge in [-0.25, -0.2) is 4.79 Å². The Hall–Kier alpha value is -3.26. The zero-order valence-electron chi connectivity index (χ0n) is 23.1. The first-order valence-electron chi connectivity index (χ1n) is 13.5. The molecule has 1 fully saturated rings. The van der Waals surface area contributed by atoms with Crippen LogP contribution < -0.4 is 20.1 Å². The van der Waals surface area contributed by atoms with Crippen LogP contribution in [0.15, 0.2) is 36.4 Å².